The van der Waals surface area contributed by atoms with Crippen molar-refractivity contribution in [2.45, 2.75) is 25.8 Å². The Balaban J connectivity index is 2.38. The lowest BCUT2D eigenvalue weighted by Crippen LogP contribution is -2.37. The Morgan fingerprint density at radius 2 is 1.96 bits per heavy atom. The van der Waals surface area contributed by atoms with Crippen LogP contribution in [-0.2, 0) is 14.3 Å². The van der Waals surface area contributed by atoms with Gasteiger partial charge in [-0.1, -0.05) is 13.0 Å². The van der Waals surface area contributed by atoms with Gasteiger partial charge in [0.15, 0.2) is 11.5 Å². The fraction of sp³-hybridized carbons (Fsp3) is 0.579. The molecule has 2 rings (SSSR count). The van der Waals surface area contributed by atoms with Crippen LogP contribution in [0.2, 0.25) is 0 Å². The largest absolute Gasteiger partial charge is 0.493 e. The minimum Gasteiger partial charge on any atom is -0.493 e. The van der Waals surface area contributed by atoms with Crippen molar-refractivity contribution in [1.29, 1.82) is 0 Å². The fourth-order valence-corrected chi connectivity index (χ4v) is 3.31. The Bertz CT molecular complexity index is 634. The van der Waals surface area contributed by atoms with Gasteiger partial charge in [0.25, 0.3) is 0 Å². The van der Waals surface area contributed by atoms with Gasteiger partial charge in [0.1, 0.15) is 0 Å². The molecule has 144 valence electrons. The first-order chi connectivity index (χ1) is 12.6. The number of hydrogen-bond donors (Lipinski definition) is 1. The van der Waals surface area contributed by atoms with Gasteiger partial charge in [-0.25, -0.2) is 0 Å². The normalized spacial score (nSPS) is 19.5. The van der Waals surface area contributed by atoms with Crippen LogP contribution in [0, 0.1) is 5.92 Å². The van der Waals surface area contributed by atoms with E-state index in [4.69, 9.17) is 14.2 Å². The van der Waals surface area contributed by atoms with Crippen molar-refractivity contribution in [3.8, 4) is 11.5 Å². The Morgan fingerprint density at radius 3 is 2.58 bits per heavy atom. The number of carbonyl (C=O) groups is 2. The van der Waals surface area contributed by atoms with Crippen molar-refractivity contribution in [3.63, 3.8) is 0 Å². The average Bonchev–Trinajstić information content (AvgIpc) is 3.00. The predicted molar refractivity (Wildman–Crippen MR) is 97.3 cm³/mol. The van der Waals surface area contributed by atoms with Crippen LogP contribution in [0.3, 0.4) is 0 Å². The molecule has 1 fully saturated rings. The van der Waals surface area contributed by atoms with Gasteiger partial charge < -0.3 is 24.4 Å². The van der Waals surface area contributed by atoms with Crippen molar-refractivity contribution >= 4 is 11.8 Å². The Labute approximate surface area is 154 Å². The Hall–Kier alpha value is -2.28. The van der Waals surface area contributed by atoms with E-state index in [0.29, 0.717) is 31.2 Å². The first-order valence-electron chi connectivity index (χ1n) is 8.85. The van der Waals surface area contributed by atoms with E-state index in [1.54, 1.807) is 32.3 Å². The summed E-state index contributed by atoms with van der Waals surface area (Å²) < 4.78 is 15.8. The number of carbonyl (C=O) groups excluding carboxylic acids is 2. The van der Waals surface area contributed by atoms with E-state index in [1.165, 1.54) is 0 Å². The minimum absolute atomic E-state index is 0.0431. The number of hydrogen-bond acceptors (Lipinski definition) is 5. The lowest BCUT2D eigenvalue weighted by atomic mass is 9.92. The van der Waals surface area contributed by atoms with Crippen LogP contribution in [0.25, 0.3) is 0 Å². The molecule has 1 aliphatic rings. The molecule has 0 unspecified atom stereocenters. The van der Waals surface area contributed by atoms with Crippen LogP contribution in [0.15, 0.2) is 18.2 Å². The summed E-state index contributed by atoms with van der Waals surface area (Å²) in [5, 5.41) is 2.92. The van der Waals surface area contributed by atoms with Gasteiger partial charge in [0, 0.05) is 26.6 Å². The lowest BCUT2D eigenvalue weighted by Gasteiger charge is -2.28. The van der Waals surface area contributed by atoms with Crippen molar-refractivity contribution in [2.24, 2.45) is 5.92 Å². The number of benzene rings is 1. The van der Waals surface area contributed by atoms with Crippen LogP contribution in [0.4, 0.5) is 0 Å². The Kier molecular flexibility index (Phi) is 7.26. The molecule has 2 atom stereocenters. The second-order valence-corrected chi connectivity index (χ2v) is 6.24. The van der Waals surface area contributed by atoms with Crippen LogP contribution < -0.4 is 14.8 Å². The van der Waals surface area contributed by atoms with Gasteiger partial charge in [-0.05, 0) is 24.1 Å². The zero-order valence-electron chi connectivity index (χ0n) is 15.9. The molecule has 26 heavy (non-hydrogen) atoms. The Morgan fingerprint density at radius 1 is 1.23 bits per heavy atom. The molecule has 1 N–H and O–H groups in total. The first kappa shape index (κ1) is 20.0. The molecule has 1 saturated heterocycles. The molecule has 1 aromatic rings. The fourth-order valence-electron chi connectivity index (χ4n) is 3.31. The summed E-state index contributed by atoms with van der Waals surface area (Å²) in [6.45, 7) is 3.45. The van der Waals surface area contributed by atoms with Crippen LogP contribution >= 0.6 is 0 Å². The van der Waals surface area contributed by atoms with E-state index >= 15 is 0 Å². The van der Waals surface area contributed by atoms with Gasteiger partial charge in [-0.15, -0.1) is 0 Å². The zero-order chi connectivity index (χ0) is 19.1. The summed E-state index contributed by atoms with van der Waals surface area (Å²) in [4.78, 5) is 26.9. The number of nitrogens with zero attached hydrogens (tertiary/aromatic N) is 1. The summed E-state index contributed by atoms with van der Waals surface area (Å²) in [7, 11) is 4.73. The molecule has 1 aliphatic heterocycles. The van der Waals surface area contributed by atoms with Crippen LogP contribution in [0.5, 0.6) is 11.5 Å². The highest BCUT2D eigenvalue weighted by molar-refractivity contribution is 5.90. The number of likely N-dealkylation sites (tertiary alicyclic amines) is 1. The molecule has 0 spiro atoms. The van der Waals surface area contributed by atoms with Crippen molar-refractivity contribution in [3.05, 3.63) is 23.8 Å². The summed E-state index contributed by atoms with van der Waals surface area (Å²) >= 11 is 0. The van der Waals surface area contributed by atoms with Crippen molar-refractivity contribution < 1.29 is 23.8 Å². The highest BCUT2D eigenvalue weighted by atomic mass is 16.5. The maximum Gasteiger partial charge on any atom is 0.226 e. The summed E-state index contributed by atoms with van der Waals surface area (Å²) in [6.07, 6.45) is 1.04. The topological polar surface area (TPSA) is 77.1 Å². The second-order valence-electron chi connectivity index (χ2n) is 6.24. The second kappa shape index (κ2) is 9.43. The molecule has 0 saturated carbocycles. The maximum atomic E-state index is 12.7. The summed E-state index contributed by atoms with van der Waals surface area (Å²) in [5.41, 5.74) is 0.848. The standard InChI is InChI=1S/C19H28N2O5/c1-5-8-20-19(23)14-12-17(22)21(9-10-24-2)18(14)13-6-7-15(25-3)16(11-13)26-4/h6-7,11,14,18H,5,8-10,12H2,1-4H3,(H,20,23)/t14-,18+/m1/s1. The third-order valence-corrected chi connectivity index (χ3v) is 4.60. The molecule has 7 heteroatoms. The number of methoxy groups -OCH3 is 3. The molecular weight excluding hydrogens is 336 g/mol. The van der Waals surface area contributed by atoms with Crippen molar-refractivity contribution in [1.82, 2.24) is 10.2 Å². The number of nitrogens with one attached hydrogen (secondary N) is 1. The quantitative estimate of drug-likeness (QED) is 0.723. The van der Waals surface area contributed by atoms with E-state index in [0.717, 1.165) is 12.0 Å². The molecule has 2 amide bonds. The van der Waals surface area contributed by atoms with Crippen molar-refractivity contribution in [2.75, 3.05) is 41.0 Å². The van der Waals surface area contributed by atoms with Gasteiger partial charge in [0.2, 0.25) is 11.8 Å². The number of amides is 2. The maximum absolute atomic E-state index is 12.7. The molecule has 1 heterocycles. The molecular formula is C19H28N2O5. The molecule has 0 aromatic heterocycles. The number of rotatable bonds is 9. The smallest absolute Gasteiger partial charge is 0.226 e. The van der Waals surface area contributed by atoms with E-state index in [2.05, 4.69) is 5.32 Å². The minimum atomic E-state index is -0.441. The van der Waals surface area contributed by atoms with Crippen LogP contribution in [0.1, 0.15) is 31.4 Å². The zero-order valence-corrected chi connectivity index (χ0v) is 15.9. The monoisotopic (exact) mass is 364 g/mol. The molecule has 7 nitrogen and oxygen atoms in total. The van der Waals surface area contributed by atoms with Gasteiger partial charge in [-0.3, -0.25) is 9.59 Å². The lowest BCUT2D eigenvalue weighted by molar-refractivity contribution is -0.129. The average molecular weight is 364 g/mol. The molecule has 0 aliphatic carbocycles. The number of ether oxygens (including phenoxy) is 3. The van der Waals surface area contributed by atoms with E-state index < -0.39 is 5.92 Å². The highest BCUT2D eigenvalue weighted by Crippen LogP contribution is 2.41. The van der Waals surface area contributed by atoms with E-state index in [1.807, 2.05) is 19.1 Å². The third kappa shape index (κ3) is 4.27. The van der Waals surface area contributed by atoms with E-state index in [9.17, 15) is 9.59 Å². The third-order valence-electron chi connectivity index (χ3n) is 4.60. The summed E-state index contributed by atoms with van der Waals surface area (Å²) in [5.74, 6) is 0.599. The first-order valence-corrected chi connectivity index (χ1v) is 8.85. The van der Waals surface area contributed by atoms with Gasteiger partial charge in [-0.2, -0.15) is 0 Å². The van der Waals surface area contributed by atoms with Gasteiger partial charge >= 0.3 is 0 Å². The van der Waals surface area contributed by atoms with Crippen LogP contribution in [-0.4, -0.2) is 57.7 Å². The molecule has 1 aromatic carbocycles. The summed E-state index contributed by atoms with van der Waals surface area (Å²) in [6, 6.07) is 5.16. The molecule has 0 radical (unpaired) electrons. The van der Waals surface area contributed by atoms with Gasteiger partial charge in [0.05, 0.1) is 32.8 Å². The highest BCUT2D eigenvalue weighted by Gasteiger charge is 2.44. The SMILES string of the molecule is CCCNC(=O)[C@@H]1CC(=O)N(CCOC)[C@H]1c1ccc(OC)c(OC)c1. The predicted octanol–water partition coefficient (Wildman–Crippen LogP) is 1.77. The van der Waals surface area contributed by atoms with E-state index in [-0.39, 0.29) is 24.3 Å². The molecule has 0 bridgehead atoms.